The second-order valence-corrected chi connectivity index (χ2v) is 11.0. The zero-order valence-electron chi connectivity index (χ0n) is 20.7. The molecule has 1 aromatic heterocycles. The monoisotopic (exact) mass is 494 g/mol. The van der Waals surface area contributed by atoms with Gasteiger partial charge in [-0.1, -0.05) is 11.6 Å². The molecule has 0 spiro atoms. The van der Waals surface area contributed by atoms with E-state index in [9.17, 15) is 19.2 Å². The van der Waals surface area contributed by atoms with Crippen LogP contribution in [0.15, 0.2) is 0 Å². The van der Waals surface area contributed by atoms with Crippen LogP contribution in [0.4, 0.5) is 0 Å². The molecule has 3 rings (SSSR count). The van der Waals surface area contributed by atoms with E-state index < -0.39 is 28.8 Å². The molecule has 2 aliphatic rings. The van der Waals surface area contributed by atoms with Crippen molar-refractivity contribution in [2.45, 2.75) is 96.7 Å². The number of halogens is 1. The molecule has 1 aliphatic carbocycles. The van der Waals surface area contributed by atoms with Gasteiger partial charge in [-0.15, -0.1) is 0 Å². The highest BCUT2D eigenvalue weighted by molar-refractivity contribution is 6.47. The second kappa shape index (κ2) is 10.1. The van der Waals surface area contributed by atoms with E-state index >= 15 is 0 Å². The lowest BCUT2D eigenvalue weighted by Crippen LogP contribution is -2.50. The molecule has 8 nitrogen and oxygen atoms in total. The molecule has 0 saturated heterocycles. The van der Waals surface area contributed by atoms with Crippen molar-refractivity contribution < 1.29 is 28.7 Å². The fourth-order valence-electron chi connectivity index (χ4n) is 4.96. The predicted octanol–water partition coefficient (Wildman–Crippen LogP) is 4.24. The number of methoxy groups -OCH3 is 1. The predicted molar refractivity (Wildman–Crippen MR) is 127 cm³/mol. The van der Waals surface area contributed by atoms with Crippen molar-refractivity contribution in [1.82, 2.24) is 9.88 Å². The zero-order chi connectivity index (χ0) is 25.3. The van der Waals surface area contributed by atoms with E-state index in [4.69, 9.17) is 21.1 Å². The van der Waals surface area contributed by atoms with Crippen LogP contribution < -0.4 is 5.32 Å². The molecule has 1 saturated carbocycles. The molecular formula is C25H35ClN2O6. The highest BCUT2D eigenvalue weighted by atomic mass is 35.5. The third-order valence-corrected chi connectivity index (χ3v) is 7.09. The number of hydrogen-bond acceptors (Lipinski definition) is 6. The first-order valence-electron chi connectivity index (χ1n) is 11.9. The van der Waals surface area contributed by atoms with Gasteiger partial charge in [0.05, 0.1) is 17.7 Å². The van der Waals surface area contributed by atoms with Gasteiger partial charge in [0.15, 0.2) is 0 Å². The van der Waals surface area contributed by atoms with Crippen molar-refractivity contribution in [3.63, 3.8) is 0 Å². The number of nitrogens with one attached hydrogen (secondary N) is 1. The highest BCUT2D eigenvalue weighted by Gasteiger charge is 2.38. The van der Waals surface area contributed by atoms with Gasteiger partial charge in [0.1, 0.15) is 11.3 Å². The average Bonchev–Trinajstić information content (AvgIpc) is 3.30. The topological polar surface area (TPSA) is 104 Å². The number of Topliss-reactive ketones (excluding diaryl/α,β-unsaturated/α-hetero) is 1. The summed E-state index contributed by atoms with van der Waals surface area (Å²) in [6, 6.07) is 0. The molecule has 9 heteroatoms. The van der Waals surface area contributed by atoms with Crippen LogP contribution in [0.3, 0.4) is 0 Å². The van der Waals surface area contributed by atoms with E-state index in [0.717, 1.165) is 25.7 Å². The second-order valence-electron chi connectivity index (χ2n) is 10.6. The summed E-state index contributed by atoms with van der Waals surface area (Å²) in [7, 11) is 1.26. The Bertz CT molecular complexity index is 983. The van der Waals surface area contributed by atoms with Crippen molar-refractivity contribution in [3.8, 4) is 0 Å². The average molecular weight is 495 g/mol. The van der Waals surface area contributed by atoms with Crippen molar-refractivity contribution in [2.24, 2.45) is 5.92 Å². The highest BCUT2D eigenvalue weighted by Crippen LogP contribution is 2.36. The van der Waals surface area contributed by atoms with E-state index in [1.165, 1.54) is 7.11 Å². The fourth-order valence-corrected chi connectivity index (χ4v) is 5.33. The molecule has 1 fully saturated rings. The Morgan fingerprint density at radius 1 is 1.18 bits per heavy atom. The molecule has 1 amide bonds. The summed E-state index contributed by atoms with van der Waals surface area (Å²) in [4.78, 5) is 50.2. The van der Waals surface area contributed by atoms with Crippen LogP contribution in [0.2, 0.25) is 5.02 Å². The summed E-state index contributed by atoms with van der Waals surface area (Å²) in [5.41, 5.74) is -0.131. The van der Waals surface area contributed by atoms with Gasteiger partial charge < -0.3 is 19.4 Å². The molecule has 1 N–H and O–H groups in total. The lowest BCUT2D eigenvalue weighted by molar-refractivity contribution is -0.155. The Morgan fingerprint density at radius 2 is 1.82 bits per heavy atom. The SMILES string of the molecule is COC(=O)c1c(Cl)c(C(=O)C(=O)NC2(C)CCC(CCC(=O)OC(C)(C)C)CC2)n2c1CCC2. The minimum absolute atomic E-state index is 0.0160. The van der Waals surface area contributed by atoms with Crippen LogP contribution >= 0.6 is 11.6 Å². The lowest BCUT2D eigenvalue weighted by Gasteiger charge is -2.38. The van der Waals surface area contributed by atoms with Crippen LogP contribution in [-0.4, -0.2) is 46.4 Å². The number of hydrogen-bond donors (Lipinski definition) is 1. The molecular weight excluding hydrogens is 460 g/mol. The van der Waals surface area contributed by atoms with Crippen molar-refractivity contribution in [2.75, 3.05) is 7.11 Å². The first-order chi connectivity index (χ1) is 15.8. The number of esters is 2. The summed E-state index contributed by atoms with van der Waals surface area (Å²) in [6.07, 6.45) is 5.60. The van der Waals surface area contributed by atoms with Gasteiger partial charge in [0.25, 0.3) is 11.7 Å². The first kappa shape index (κ1) is 26.3. The Morgan fingerprint density at radius 3 is 2.41 bits per heavy atom. The van der Waals surface area contributed by atoms with Crippen LogP contribution in [-0.2, 0) is 32.0 Å². The summed E-state index contributed by atoms with van der Waals surface area (Å²) in [5.74, 6) is -1.88. The Kier molecular flexibility index (Phi) is 7.80. The Hall–Kier alpha value is -2.35. The summed E-state index contributed by atoms with van der Waals surface area (Å²) < 4.78 is 11.9. The van der Waals surface area contributed by atoms with E-state index in [1.807, 2.05) is 27.7 Å². The maximum atomic E-state index is 13.1. The number of nitrogens with zero attached hydrogens (tertiary/aromatic N) is 1. The van der Waals surface area contributed by atoms with Gasteiger partial charge in [-0.2, -0.15) is 0 Å². The van der Waals surface area contributed by atoms with Gasteiger partial charge in [-0.25, -0.2) is 4.79 Å². The number of aromatic nitrogens is 1. The molecule has 34 heavy (non-hydrogen) atoms. The van der Waals surface area contributed by atoms with Gasteiger partial charge in [-0.05, 0) is 78.6 Å². The molecule has 0 atom stereocenters. The lowest BCUT2D eigenvalue weighted by atomic mass is 9.76. The number of ketones is 1. The van der Waals surface area contributed by atoms with Gasteiger partial charge in [0.2, 0.25) is 0 Å². The third kappa shape index (κ3) is 5.82. The molecule has 0 radical (unpaired) electrons. The minimum Gasteiger partial charge on any atom is -0.465 e. The number of ether oxygens (including phenoxy) is 2. The van der Waals surface area contributed by atoms with Crippen LogP contribution in [0.1, 0.15) is 99.2 Å². The number of carbonyl (C=O) groups excluding carboxylic acids is 4. The molecule has 0 aromatic carbocycles. The molecule has 0 bridgehead atoms. The molecule has 2 heterocycles. The molecule has 1 aromatic rings. The molecule has 0 unspecified atom stereocenters. The smallest absolute Gasteiger partial charge is 0.341 e. The third-order valence-electron chi connectivity index (χ3n) is 6.72. The van der Waals surface area contributed by atoms with Crippen molar-refractivity contribution in [1.29, 1.82) is 0 Å². The van der Waals surface area contributed by atoms with Crippen LogP contribution in [0.5, 0.6) is 0 Å². The van der Waals surface area contributed by atoms with E-state index in [0.29, 0.717) is 43.8 Å². The number of amides is 1. The van der Waals surface area contributed by atoms with Gasteiger partial charge in [-0.3, -0.25) is 14.4 Å². The Labute approximate surface area is 205 Å². The summed E-state index contributed by atoms with van der Waals surface area (Å²) in [6.45, 7) is 8.02. The normalized spacial score (nSPS) is 22.1. The maximum Gasteiger partial charge on any atom is 0.341 e. The number of rotatable bonds is 7. The van der Waals surface area contributed by atoms with E-state index in [-0.39, 0.29) is 22.2 Å². The van der Waals surface area contributed by atoms with E-state index in [1.54, 1.807) is 4.57 Å². The van der Waals surface area contributed by atoms with Gasteiger partial charge in [0, 0.05) is 24.2 Å². The van der Waals surface area contributed by atoms with Crippen molar-refractivity contribution in [3.05, 3.63) is 22.0 Å². The van der Waals surface area contributed by atoms with E-state index in [2.05, 4.69) is 5.32 Å². The Balaban J connectivity index is 1.60. The van der Waals surface area contributed by atoms with Crippen molar-refractivity contribution >= 4 is 35.2 Å². The quantitative estimate of drug-likeness (QED) is 0.345. The number of carbonyl (C=O) groups is 4. The largest absolute Gasteiger partial charge is 0.465 e. The fraction of sp³-hybridized carbons (Fsp3) is 0.680. The standard InChI is InChI=1S/C25H35ClN2O6/c1-24(2,3)34-17(29)9-8-15-10-12-25(4,13-11-15)27-22(31)21(30)20-19(26)18(23(32)33-5)16-7-6-14-28(16)20/h15H,6-14H2,1-5H3,(H,27,31). The molecule has 188 valence electrons. The number of fused-ring (bicyclic) bond motifs is 1. The summed E-state index contributed by atoms with van der Waals surface area (Å²) >= 11 is 6.40. The van der Waals surface area contributed by atoms with Crippen LogP contribution in [0, 0.1) is 5.92 Å². The maximum absolute atomic E-state index is 13.1. The zero-order valence-corrected chi connectivity index (χ0v) is 21.5. The minimum atomic E-state index is -0.739. The van der Waals surface area contributed by atoms with Gasteiger partial charge >= 0.3 is 11.9 Å². The van der Waals surface area contributed by atoms with Crippen LogP contribution in [0.25, 0.3) is 0 Å². The summed E-state index contributed by atoms with van der Waals surface area (Å²) in [5, 5.41) is 2.90. The first-order valence-corrected chi connectivity index (χ1v) is 12.3. The molecule has 1 aliphatic heterocycles.